The van der Waals surface area contributed by atoms with Crippen molar-refractivity contribution in [3.63, 3.8) is 0 Å². The summed E-state index contributed by atoms with van der Waals surface area (Å²) in [6.45, 7) is 1.81. The fourth-order valence-electron chi connectivity index (χ4n) is 3.42. The van der Waals surface area contributed by atoms with Gasteiger partial charge in [0.05, 0.1) is 23.8 Å². The summed E-state index contributed by atoms with van der Waals surface area (Å²) in [4.78, 5) is 1.92. The molecular formula is C21H21F3N2O2. The van der Waals surface area contributed by atoms with Crippen molar-refractivity contribution in [1.29, 1.82) is 5.26 Å². The van der Waals surface area contributed by atoms with E-state index in [1.165, 1.54) is 6.07 Å². The van der Waals surface area contributed by atoms with Gasteiger partial charge in [-0.15, -0.1) is 0 Å². The molecule has 1 N–H and O–H groups in total. The largest absolute Gasteiger partial charge is 0.494 e. The number of nitriles is 1. The van der Waals surface area contributed by atoms with E-state index in [0.29, 0.717) is 31.8 Å². The average molecular weight is 390 g/mol. The van der Waals surface area contributed by atoms with Crippen LogP contribution >= 0.6 is 0 Å². The average Bonchev–Trinajstić information content (AvgIpc) is 3.18. The maximum absolute atomic E-state index is 13.2. The van der Waals surface area contributed by atoms with Gasteiger partial charge in [0.1, 0.15) is 5.75 Å². The second-order valence-corrected chi connectivity index (χ2v) is 6.77. The van der Waals surface area contributed by atoms with Crippen LogP contribution in [0.25, 0.3) is 0 Å². The van der Waals surface area contributed by atoms with Crippen LogP contribution in [0.1, 0.15) is 35.4 Å². The number of nitrogens with zero attached hydrogens (tertiary/aromatic N) is 2. The summed E-state index contributed by atoms with van der Waals surface area (Å²) in [5.41, 5.74) is 0.351. The van der Waals surface area contributed by atoms with Crippen LogP contribution in [-0.2, 0) is 6.18 Å². The minimum atomic E-state index is -4.55. The molecule has 2 aromatic rings. The predicted molar refractivity (Wildman–Crippen MR) is 99.4 cm³/mol. The van der Waals surface area contributed by atoms with Crippen LogP contribution in [0.3, 0.4) is 0 Å². The lowest BCUT2D eigenvalue weighted by molar-refractivity contribution is -0.137. The topological polar surface area (TPSA) is 56.5 Å². The maximum atomic E-state index is 13.2. The molecule has 1 aliphatic rings. The second kappa shape index (κ2) is 8.53. The first-order chi connectivity index (χ1) is 13.4. The normalized spacial score (nSPS) is 16.8. The van der Waals surface area contributed by atoms with Crippen LogP contribution in [0.4, 0.5) is 18.9 Å². The monoisotopic (exact) mass is 390 g/mol. The van der Waals surface area contributed by atoms with Gasteiger partial charge in [-0.2, -0.15) is 18.4 Å². The number of anilines is 1. The van der Waals surface area contributed by atoms with Gasteiger partial charge in [-0.1, -0.05) is 12.1 Å². The molecule has 28 heavy (non-hydrogen) atoms. The van der Waals surface area contributed by atoms with Gasteiger partial charge < -0.3 is 14.7 Å². The number of hydrogen-bond donors (Lipinski definition) is 1. The number of rotatable bonds is 6. The van der Waals surface area contributed by atoms with E-state index in [1.807, 2.05) is 29.2 Å². The Labute approximate surface area is 161 Å². The molecule has 1 aliphatic heterocycles. The van der Waals surface area contributed by atoms with Crippen molar-refractivity contribution in [1.82, 2.24) is 0 Å². The molecule has 3 rings (SSSR count). The molecule has 1 unspecified atom stereocenters. The summed E-state index contributed by atoms with van der Waals surface area (Å²) in [5, 5.41) is 17.7. The highest BCUT2D eigenvalue weighted by molar-refractivity contribution is 5.56. The van der Waals surface area contributed by atoms with Crippen molar-refractivity contribution in [2.45, 2.75) is 24.9 Å². The Morgan fingerprint density at radius 1 is 1.18 bits per heavy atom. The van der Waals surface area contributed by atoms with E-state index in [2.05, 4.69) is 0 Å². The molecule has 1 atom stereocenters. The first-order valence-electron chi connectivity index (χ1n) is 9.12. The number of aliphatic hydroxyl groups is 1. The SMILES string of the molecule is N#Cc1ccc(N2CCC(c3ccc(OCCCO)cc3)C2)cc1C(F)(F)F. The molecule has 0 aromatic heterocycles. The molecule has 1 heterocycles. The van der Waals surface area contributed by atoms with Crippen LogP contribution in [0.15, 0.2) is 42.5 Å². The van der Waals surface area contributed by atoms with Crippen LogP contribution in [0, 0.1) is 11.3 Å². The van der Waals surface area contributed by atoms with Crippen molar-refractivity contribution in [3.8, 4) is 11.8 Å². The molecule has 0 spiro atoms. The van der Waals surface area contributed by atoms with Gasteiger partial charge in [-0.3, -0.25) is 0 Å². The van der Waals surface area contributed by atoms with Gasteiger partial charge in [0.25, 0.3) is 0 Å². The van der Waals surface area contributed by atoms with E-state index in [-0.39, 0.29) is 18.1 Å². The van der Waals surface area contributed by atoms with Crippen LogP contribution in [0.5, 0.6) is 5.75 Å². The fourth-order valence-corrected chi connectivity index (χ4v) is 3.42. The number of aliphatic hydroxyl groups excluding tert-OH is 1. The van der Waals surface area contributed by atoms with E-state index in [4.69, 9.17) is 15.1 Å². The second-order valence-electron chi connectivity index (χ2n) is 6.77. The van der Waals surface area contributed by atoms with E-state index < -0.39 is 11.7 Å². The minimum Gasteiger partial charge on any atom is -0.494 e. The Bertz CT molecular complexity index is 844. The zero-order valence-corrected chi connectivity index (χ0v) is 15.2. The van der Waals surface area contributed by atoms with Gasteiger partial charge in [-0.25, -0.2) is 0 Å². The molecule has 148 valence electrons. The Kier molecular flexibility index (Phi) is 6.10. The first-order valence-corrected chi connectivity index (χ1v) is 9.12. The third kappa shape index (κ3) is 4.57. The Morgan fingerprint density at radius 3 is 2.57 bits per heavy atom. The van der Waals surface area contributed by atoms with Crippen molar-refractivity contribution < 1.29 is 23.0 Å². The van der Waals surface area contributed by atoms with E-state index >= 15 is 0 Å². The van der Waals surface area contributed by atoms with Gasteiger partial charge in [-0.05, 0) is 42.3 Å². The number of halogens is 3. The first kappa shape index (κ1) is 20.0. The highest BCUT2D eigenvalue weighted by Crippen LogP contribution is 2.37. The molecular weight excluding hydrogens is 369 g/mol. The third-order valence-electron chi connectivity index (χ3n) is 4.91. The van der Waals surface area contributed by atoms with E-state index in [1.54, 1.807) is 12.1 Å². The lowest BCUT2D eigenvalue weighted by Gasteiger charge is -2.21. The maximum Gasteiger partial charge on any atom is 0.417 e. The molecule has 0 aliphatic carbocycles. The zero-order valence-electron chi connectivity index (χ0n) is 15.2. The van der Waals surface area contributed by atoms with E-state index in [0.717, 1.165) is 23.8 Å². The highest BCUT2D eigenvalue weighted by atomic mass is 19.4. The minimum absolute atomic E-state index is 0.0847. The van der Waals surface area contributed by atoms with Crippen molar-refractivity contribution in [2.24, 2.45) is 0 Å². The molecule has 2 aromatic carbocycles. The molecule has 7 heteroatoms. The Hall–Kier alpha value is -2.72. The van der Waals surface area contributed by atoms with Crippen molar-refractivity contribution in [3.05, 3.63) is 59.2 Å². The lowest BCUT2D eigenvalue weighted by atomic mass is 9.98. The van der Waals surface area contributed by atoms with Crippen molar-refractivity contribution in [2.75, 3.05) is 31.2 Å². The summed E-state index contributed by atoms with van der Waals surface area (Å²) >= 11 is 0. The molecule has 0 bridgehead atoms. The molecule has 0 amide bonds. The number of ether oxygens (including phenoxy) is 1. The predicted octanol–water partition coefficient (Wildman–Crippen LogP) is 4.33. The summed E-state index contributed by atoms with van der Waals surface area (Å²) in [7, 11) is 0. The third-order valence-corrected chi connectivity index (χ3v) is 4.91. The standard InChI is InChI=1S/C21H21F3N2O2/c22-21(23,24)20-12-18(5-2-16(20)13-25)26-9-8-17(14-26)15-3-6-19(7-4-15)28-11-1-10-27/h2-7,12,17,27H,1,8-11,14H2. The number of hydrogen-bond acceptors (Lipinski definition) is 4. The molecule has 1 fully saturated rings. The molecule has 0 saturated carbocycles. The molecule has 0 radical (unpaired) electrons. The van der Waals surface area contributed by atoms with Crippen LogP contribution in [-0.4, -0.2) is 31.4 Å². The van der Waals surface area contributed by atoms with Gasteiger partial charge in [0, 0.05) is 37.7 Å². The zero-order chi connectivity index (χ0) is 20.1. The van der Waals surface area contributed by atoms with Crippen LogP contribution < -0.4 is 9.64 Å². The number of benzene rings is 2. The summed E-state index contributed by atoms with van der Waals surface area (Å²) in [5.74, 6) is 0.949. The quantitative estimate of drug-likeness (QED) is 0.746. The van der Waals surface area contributed by atoms with Gasteiger partial charge in [0.15, 0.2) is 0 Å². The fraction of sp³-hybridized carbons (Fsp3) is 0.381. The number of alkyl halides is 3. The van der Waals surface area contributed by atoms with Crippen LogP contribution in [0.2, 0.25) is 0 Å². The highest BCUT2D eigenvalue weighted by Gasteiger charge is 2.35. The van der Waals surface area contributed by atoms with Crippen molar-refractivity contribution >= 4 is 5.69 Å². The Morgan fingerprint density at radius 2 is 1.93 bits per heavy atom. The summed E-state index contributed by atoms with van der Waals surface area (Å²) < 4.78 is 45.1. The lowest BCUT2D eigenvalue weighted by Crippen LogP contribution is -2.20. The summed E-state index contributed by atoms with van der Waals surface area (Å²) in [6, 6.07) is 13.2. The molecule has 4 nitrogen and oxygen atoms in total. The van der Waals surface area contributed by atoms with Gasteiger partial charge in [0.2, 0.25) is 0 Å². The Balaban J connectivity index is 1.69. The van der Waals surface area contributed by atoms with E-state index in [9.17, 15) is 13.2 Å². The summed E-state index contributed by atoms with van der Waals surface area (Å²) in [6.07, 6.45) is -3.14. The molecule has 1 saturated heterocycles. The van der Waals surface area contributed by atoms with Gasteiger partial charge >= 0.3 is 6.18 Å². The smallest absolute Gasteiger partial charge is 0.417 e.